The van der Waals surface area contributed by atoms with Crippen LogP contribution in [0.25, 0.3) is 0 Å². The van der Waals surface area contributed by atoms with E-state index in [4.69, 9.17) is 11.6 Å². The molecule has 2 fully saturated rings. The Morgan fingerprint density at radius 3 is 2.43 bits per heavy atom. The van der Waals surface area contributed by atoms with Crippen molar-refractivity contribution in [1.82, 2.24) is 4.90 Å². The third-order valence-electron chi connectivity index (χ3n) is 5.12. The van der Waals surface area contributed by atoms with Crippen molar-refractivity contribution in [3.05, 3.63) is 34.9 Å². The van der Waals surface area contributed by atoms with Crippen LogP contribution in [0.1, 0.15) is 44.6 Å². The van der Waals surface area contributed by atoms with E-state index in [0.717, 1.165) is 24.8 Å². The van der Waals surface area contributed by atoms with Gasteiger partial charge in [0.15, 0.2) is 0 Å². The molecule has 2 aliphatic rings. The molecule has 1 aliphatic heterocycles. The maximum absolute atomic E-state index is 13.0. The number of piperidine rings is 1. The molecule has 4 heteroatoms. The molecule has 0 spiro atoms. The lowest BCUT2D eigenvalue weighted by atomic mass is 9.63. The van der Waals surface area contributed by atoms with Crippen LogP contribution < -0.4 is 0 Å². The number of amides is 1. The Labute approximate surface area is 130 Å². The molecule has 21 heavy (non-hydrogen) atoms. The summed E-state index contributed by atoms with van der Waals surface area (Å²) in [7, 11) is 0. The smallest absolute Gasteiger partial charge is 0.233 e. The molecule has 0 unspecified atom stereocenters. The highest BCUT2D eigenvalue weighted by Gasteiger charge is 2.48. The normalized spacial score (nSPS) is 23.5. The second kappa shape index (κ2) is 5.29. The van der Waals surface area contributed by atoms with Crippen LogP contribution in [0.15, 0.2) is 24.3 Å². The largest absolute Gasteiger partial charge is 0.390 e. The van der Waals surface area contributed by atoms with Gasteiger partial charge in [-0.25, -0.2) is 0 Å². The summed E-state index contributed by atoms with van der Waals surface area (Å²) in [6.45, 7) is 3.15. The Bertz CT molecular complexity index is 541. The summed E-state index contributed by atoms with van der Waals surface area (Å²) in [6.07, 6.45) is 4.21. The molecule has 0 aromatic heterocycles. The Morgan fingerprint density at radius 1 is 1.24 bits per heavy atom. The number of rotatable bonds is 2. The van der Waals surface area contributed by atoms with Crippen LogP contribution in [-0.4, -0.2) is 34.6 Å². The van der Waals surface area contributed by atoms with Gasteiger partial charge in [-0.2, -0.15) is 0 Å². The van der Waals surface area contributed by atoms with E-state index in [2.05, 4.69) is 0 Å². The van der Waals surface area contributed by atoms with Gasteiger partial charge in [0.25, 0.3) is 0 Å². The van der Waals surface area contributed by atoms with Crippen LogP contribution in [0.3, 0.4) is 0 Å². The minimum atomic E-state index is -0.625. The third-order valence-corrected chi connectivity index (χ3v) is 5.36. The molecule has 1 saturated heterocycles. The lowest BCUT2D eigenvalue weighted by Gasteiger charge is -2.46. The van der Waals surface area contributed by atoms with Crippen LogP contribution in [-0.2, 0) is 10.2 Å². The highest BCUT2D eigenvalue weighted by atomic mass is 35.5. The van der Waals surface area contributed by atoms with Crippen LogP contribution in [0.5, 0.6) is 0 Å². The van der Waals surface area contributed by atoms with Crippen molar-refractivity contribution in [3.8, 4) is 0 Å². The summed E-state index contributed by atoms with van der Waals surface area (Å²) >= 11 is 6.10. The first-order valence-corrected chi connectivity index (χ1v) is 8.09. The first-order valence-electron chi connectivity index (χ1n) is 7.71. The maximum Gasteiger partial charge on any atom is 0.233 e. The lowest BCUT2D eigenvalue weighted by molar-refractivity contribution is -0.144. The van der Waals surface area contributed by atoms with Crippen LogP contribution in [0.4, 0.5) is 0 Å². The maximum atomic E-state index is 13.0. The highest BCUT2D eigenvalue weighted by molar-refractivity contribution is 6.30. The van der Waals surface area contributed by atoms with Gasteiger partial charge >= 0.3 is 0 Å². The fraction of sp³-hybridized carbons (Fsp3) is 0.588. The standard InChI is InChI=1S/C17H22ClNO2/c1-16(21)8-10-19(11-9-16)15(20)17(6-3-7-17)13-4-2-5-14(18)12-13/h2,4-5,12,21H,3,6-11H2,1H3. The fourth-order valence-corrected chi connectivity index (χ4v) is 3.63. The van der Waals surface area contributed by atoms with Crippen molar-refractivity contribution in [3.63, 3.8) is 0 Å². The van der Waals surface area contributed by atoms with Crippen LogP contribution in [0, 0.1) is 0 Å². The van der Waals surface area contributed by atoms with E-state index in [1.165, 1.54) is 0 Å². The first-order chi connectivity index (χ1) is 9.93. The van der Waals surface area contributed by atoms with E-state index in [1.54, 1.807) is 0 Å². The van der Waals surface area contributed by atoms with E-state index >= 15 is 0 Å². The van der Waals surface area contributed by atoms with Gasteiger partial charge in [-0.05, 0) is 50.3 Å². The Hall–Kier alpha value is -1.06. The van der Waals surface area contributed by atoms with E-state index in [0.29, 0.717) is 31.0 Å². The summed E-state index contributed by atoms with van der Waals surface area (Å²) in [5.41, 5.74) is 0.0387. The molecular formula is C17H22ClNO2. The molecule has 0 bridgehead atoms. The van der Waals surface area contributed by atoms with Gasteiger partial charge in [0.1, 0.15) is 0 Å². The SMILES string of the molecule is CC1(O)CCN(C(=O)C2(c3cccc(Cl)c3)CCC2)CC1. The van der Waals surface area contributed by atoms with Crippen molar-refractivity contribution >= 4 is 17.5 Å². The number of nitrogens with zero attached hydrogens (tertiary/aromatic N) is 1. The third kappa shape index (κ3) is 2.69. The minimum Gasteiger partial charge on any atom is -0.390 e. The molecule has 0 atom stereocenters. The minimum absolute atomic E-state index is 0.214. The molecule has 3 rings (SSSR count). The predicted molar refractivity (Wildman–Crippen MR) is 83.4 cm³/mol. The molecule has 1 amide bonds. The van der Waals surface area contributed by atoms with Gasteiger partial charge < -0.3 is 10.0 Å². The molecule has 114 valence electrons. The van der Waals surface area contributed by atoms with Crippen molar-refractivity contribution in [2.24, 2.45) is 0 Å². The Balaban J connectivity index is 1.82. The second-order valence-corrected chi connectivity index (χ2v) is 7.17. The van der Waals surface area contributed by atoms with Gasteiger partial charge in [0.05, 0.1) is 11.0 Å². The topological polar surface area (TPSA) is 40.5 Å². The van der Waals surface area contributed by atoms with Gasteiger partial charge in [-0.15, -0.1) is 0 Å². The number of carbonyl (C=O) groups is 1. The number of hydrogen-bond acceptors (Lipinski definition) is 2. The number of halogens is 1. The quantitative estimate of drug-likeness (QED) is 0.912. The fourth-order valence-electron chi connectivity index (χ4n) is 3.44. The first kappa shape index (κ1) is 14.9. The van der Waals surface area contributed by atoms with Crippen molar-refractivity contribution < 1.29 is 9.90 Å². The number of aliphatic hydroxyl groups is 1. The molecule has 3 nitrogen and oxygen atoms in total. The van der Waals surface area contributed by atoms with E-state index in [-0.39, 0.29) is 11.3 Å². The molecule has 1 aromatic carbocycles. The number of carbonyl (C=O) groups excluding carboxylic acids is 1. The molecule has 1 N–H and O–H groups in total. The van der Waals surface area contributed by atoms with E-state index < -0.39 is 5.60 Å². The number of benzene rings is 1. The Kier molecular flexibility index (Phi) is 3.74. The molecule has 1 aliphatic carbocycles. The summed E-state index contributed by atoms with van der Waals surface area (Å²) in [5, 5.41) is 10.7. The van der Waals surface area contributed by atoms with Gasteiger partial charge in [-0.3, -0.25) is 4.79 Å². The molecule has 1 heterocycles. The molecule has 1 aromatic rings. The van der Waals surface area contributed by atoms with Gasteiger partial charge in [-0.1, -0.05) is 30.2 Å². The molecule has 1 saturated carbocycles. The van der Waals surface area contributed by atoms with E-state index in [9.17, 15) is 9.90 Å². The molecular weight excluding hydrogens is 286 g/mol. The van der Waals surface area contributed by atoms with Gasteiger partial charge in [0, 0.05) is 18.1 Å². The van der Waals surface area contributed by atoms with Crippen molar-refractivity contribution in [2.45, 2.75) is 50.0 Å². The summed E-state index contributed by atoms with van der Waals surface area (Å²) < 4.78 is 0. The zero-order chi connectivity index (χ0) is 15.1. The zero-order valence-corrected chi connectivity index (χ0v) is 13.2. The molecule has 0 radical (unpaired) electrons. The summed E-state index contributed by atoms with van der Waals surface area (Å²) in [6, 6.07) is 7.72. The van der Waals surface area contributed by atoms with Crippen molar-refractivity contribution in [1.29, 1.82) is 0 Å². The average molecular weight is 308 g/mol. The lowest BCUT2D eigenvalue weighted by Crippen LogP contribution is -2.54. The Morgan fingerprint density at radius 2 is 1.90 bits per heavy atom. The highest BCUT2D eigenvalue weighted by Crippen LogP contribution is 2.46. The van der Waals surface area contributed by atoms with E-state index in [1.807, 2.05) is 36.1 Å². The predicted octanol–water partition coefficient (Wildman–Crippen LogP) is 3.14. The number of likely N-dealkylation sites (tertiary alicyclic amines) is 1. The average Bonchev–Trinajstić information content (AvgIpc) is 2.37. The summed E-state index contributed by atoms with van der Waals surface area (Å²) in [5.74, 6) is 0.214. The number of hydrogen-bond donors (Lipinski definition) is 1. The van der Waals surface area contributed by atoms with Crippen molar-refractivity contribution in [2.75, 3.05) is 13.1 Å². The second-order valence-electron chi connectivity index (χ2n) is 6.74. The summed E-state index contributed by atoms with van der Waals surface area (Å²) in [4.78, 5) is 15.0. The van der Waals surface area contributed by atoms with Gasteiger partial charge in [0.2, 0.25) is 5.91 Å². The van der Waals surface area contributed by atoms with Crippen LogP contribution in [0.2, 0.25) is 5.02 Å². The monoisotopic (exact) mass is 307 g/mol. The van der Waals surface area contributed by atoms with Crippen LogP contribution >= 0.6 is 11.6 Å². The zero-order valence-electron chi connectivity index (χ0n) is 12.4.